The summed E-state index contributed by atoms with van der Waals surface area (Å²) < 4.78 is 12.5. The van der Waals surface area contributed by atoms with Crippen molar-refractivity contribution in [2.45, 2.75) is 26.2 Å². The van der Waals surface area contributed by atoms with E-state index < -0.39 is 12.6 Å². The number of aromatic nitrogens is 2. The predicted octanol–water partition coefficient (Wildman–Crippen LogP) is 4.68. The van der Waals surface area contributed by atoms with Crippen LogP contribution in [0.5, 0.6) is 11.5 Å². The van der Waals surface area contributed by atoms with Crippen LogP contribution in [0.1, 0.15) is 37.6 Å². The molecule has 0 fully saturated rings. The van der Waals surface area contributed by atoms with Crippen LogP contribution in [-0.2, 0) is 4.79 Å². The average Bonchev–Trinajstić information content (AvgIpc) is 2.76. The lowest BCUT2D eigenvalue weighted by Crippen LogP contribution is -2.23. The molecule has 168 valence electrons. The molecular formula is C22H21BrClN3O5. The Morgan fingerprint density at radius 1 is 1.38 bits per heavy atom. The van der Waals surface area contributed by atoms with Gasteiger partial charge >= 0.3 is 5.97 Å². The van der Waals surface area contributed by atoms with Crippen molar-refractivity contribution >= 4 is 50.6 Å². The monoisotopic (exact) mass is 521 g/mol. The first-order chi connectivity index (χ1) is 15.2. The highest BCUT2D eigenvalue weighted by Crippen LogP contribution is 2.36. The maximum absolute atomic E-state index is 13.2. The van der Waals surface area contributed by atoms with Gasteiger partial charge in [-0.05, 0) is 42.3 Å². The molecule has 1 heterocycles. The Morgan fingerprint density at radius 3 is 2.78 bits per heavy atom. The first-order valence-electron chi connectivity index (χ1n) is 9.73. The molecule has 0 amide bonds. The van der Waals surface area contributed by atoms with Crippen LogP contribution in [0, 0.1) is 0 Å². The highest BCUT2D eigenvalue weighted by atomic mass is 79.9. The number of methoxy groups -OCH3 is 1. The molecule has 0 saturated heterocycles. The summed E-state index contributed by atoms with van der Waals surface area (Å²) >= 11 is 9.65. The van der Waals surface area contributed by atoms with Gasteiger partial charge in [0.1, 0.15) is 5.82 Å². The summed E-state index contributed by atoms with van der Waals surface area (Å²) in [6.07, 6.45) is 2.24. The molecule has 0 unspecified atom stereocenters. The number of fused-ring (bicyclic) bond motifs is 1. The van der Waals surface area contributed by atoms with Gasteiger partial charge in [-0.1, -0.05) is 41.4 Å². The minimum Gasteiger partial charge on any atom is -0.493 e. The molecule has 32 heavy (non-hydrogen) atoms. The molecule has 8 nitrogen and oxygen atoms in total. The summed E-state index contributed by atoms with van der Waals surface area (Å²) in [5, 5.41) is 13.8. The van der Waals surface area contributed by atoms with Crippen molar-refractivity contribution in [1.29, 1.82) is 0 Å². The lowest BCUT2D eigenvalue weighted by atomic mass is 10.1. The molecule has 0 spiro atoms. The van der Waals surface area contributed by atoms with Crippen LogP contribution in [-0.4, -0.2) is 40.7 Å². The van der Waals surface area contributed by atoms with E-state index in [0.717, 1.165) is 10.9 Å². The van der Waals surface area contributed by atoms with Gasteiger partial charge in [-0.3, -0.25) is 4.79 Å². The van der Waals surface area contributed by atoms with Gasteiger partial charge in [0, 0.05) is 10.4 Å². The number of aliphatic carboxylic acids is 1. The molecule has 0 aliphatic rings. The number of rotatable bonds is 8. The van der Waals surface area contributed by atoms with E-state index in [1.165, 1.54) is 18.0 Å². The summed E-state index contributed by atoms with van der Waals surface area (Å²) in [7, 11) is 1.41. The number of carbonyl (C=O) groups is 1. The van der Waals surface area contributed by atoms with Gasteiger partial charge in [0.25, 0.3) is 5.56 Å². The zero-order valence-electron chi connectivity index (χ0n) is 17.6. The minimum absolute atomic E-state index is 0.00202. The second kappa shape index (κ2) is 10.1. The molecule has 0 aliphatic carbocycles. The van der Waals surface area contributed by atoms with E-state index >= 15 is 0 Å². The number of hydrogen-bond donors (Lipinski definition) is 1. The third kappa shape index (κ3) is 5.11. The quantitative estimate of drug-likeness (QED) is 0.431. The second-order valence-corrected chi connectivity index (χ2v) is 8.34. The Labute approximate surface area is 197 Å². The lowest BCUT2D eigenvalue weighted by Gasteiger charge is -2.14. The fourth-order valence-corrected chi connectivity index (χ4v) is 3.63. The third-order valence-electron chi connectivity index (χ3n) is 4.80. The number of benzene rings is 2. The van der Waals surface area contributed by atoms with Crippen LogP contribution in [0.3, 0.4) is 0 Å². The minimum atomic E-state index is -1.14. The Hall–Kier alpha value is -2.91. The molecule has 1 aromatic heterocycles. The normalized spacial score (nSPS) is 12.3. The summed E-state index contributed by atoms with van der Waals surface area (Å²) in [6, 6.07) is 8.48. The van der Waals surface area contributed by atoms with Crippen LogP contribution >= 0.6 is 27.5 Å². The molecule has 0 saturated carbocycles. The number of nitrogens with zero attached hydrogens (tertiary/aromatic N) is 3. The first kappa shape index (κ1) is 23.7. The number of carboxylic acids is 1. The zero-order chi connectivity index (χ0) is 23.4. The Morgan fingerprint density at radius 2 is 2.12 bits per heavy atom. The number of halogens is 2. The molecule has 1 atom stereocenters. The smallest absolute Gasteiger partial charge is 0.341 e. The average molecular weight is 523 g/mol. The third-order valence-corrected chi connectivity index (χ3v) is 5.57. The zero-order valence-corrected chi connectivity index (χ0v) is 20.0. The van der Waals surface area contributed by atoms with E-state index in [9.17, 15) is 9.59 Å². The van der Waals surface area contributed by atoms with E-state index in [4.69, 9.17) is 26.2 Å². The molecule has 0 aliphatic heterocycles. The van der Waals surface area contributed by atoms with Gasteiger partial charge in [0.05, 0.1) is 29.2 Å². The fraction of sp³-hybridized carbons (Fsp3) is 0.273. The maximum Gasteiger partial charge on any atom is 0.341 e. The van der Waals surface area contributed by atoms with E-state index in [0.29, 0.717) is 22.3 Å². The van der Waals surface area contributed by atoms with Gasteiger partial charge in [0.15, 0.2) is 18.1 Å². The highest BCUT2D eigenvalue weighted by Gasteiger charge is 2.16. The molecular weight excluding hydrogens is 502 g/mol. The van der Waals surface area contributed by atoms with Gasteiger partial charge < -0.3 is 14.6 Å². The van der Waals surface area contributed by atoms with Gasteiger partial charge in [-0.25, -0.2) is 9.78 Å². The molecule has 3 rings (SSSR count). The molecule has 0 radical (unpaired) electrons. The van der Waals surface area contributed by atoms with Crippen LogP contribution in [0.25, 0.3) is 10.9 Å². The van der Waals surface area contributed by atoms with Crippen molar-refractivity contribution in [3.8, 4) is 11.5 Å². The SMILES string of the molecule is CC[C@@H](C)c1nc2ccc(Br)cc2c(=O)n1N=Cc1cc(Cl)c(OCC(=O)O)c(OC)c1. The molecule has 1 N–H and O–H groups in total. The highest BCUT2D eigenvalue weighted by molar-refractivity contribution is 9.10. The summed E-state index contributed by atoms with van der Waals surface area (Å²) in [4.78, 5) is 28.7. The first-order valence-corrected chi connectivity index (χ1v) is 10.9. The summed E-state index contributed by atoms with van der Waals surface area (Å²) in [6.45, 7) is 3.43. The standard InChI is InChI=1S/C22H21BrClN3O5/c1-4-12(2)21-26-17-6-5-14(23)9-15(17)22(30)27(21)25-10-13-7-16(24)20(18(8-13)31-3)32-11-19(28)29/h5-10,12H,4,11H2,1-3H3,(H,28,29)/t12-/m1/s1. The van der Waals surface area contributed by atoms with E-state index in [1.54, 1.807) is 24.3 Å². The predicted molar refractivity (Wildman–Crippen MR) is 127 cm³/mol. The van der Waals surface area contributed by atoms with Crippen molar-refractivity contribution in [2.75, 3.05) is 13.7 Å². The molecule has 3 aromatic rings. The second-order valence-electron chi connectivity index (χ2n) is 7.02. The van der Waals surface area contributed by atoms with Gasteiger partial charge in [-0.15, -0.1) is 0 Å². The van der Waals surface area contributed by atoms with Crippen LogP contribution in [0.15, 0.2) is 44.7 Å². The Bertz CT molecular complexity index is 1260. The van der Waals surface area contributed by atoms with Crippen molar-refractivity contribution in [1.82, 2.24) is 9.66 Å². The fourth-order valence-electron chi connectivity index (χ4n) is 2.99. The van der Waals surface area contributed by atoms with Crippen molar-refractivity contribution < 1.29 is 19.4 Å². The summed E-state index contributed by atoms with van der Waals surface area (Å²) in [5.74, 6) is -0.235. The Balaban J connectivity index is 2.09. The topological polar surface area (TPSA) is 103 Å². The van der Waals surface area contributed by atoms with Gasteiger partial charge in [-0.2, -0.15) is 9.78 Å². The number of carboxylic acid groups (broad SMARTS) is 1. The summed E-state index contributed by atoms with van der Waals surface area (Å²) in [5.41, 5.74) is 0.845. The van der Waals surface area contributed by atoms with E-state index in [2.05, 4.69) is 26.0 Å². The van der Waals surface area contributed by atoms with Crippen LogP contribution in [0.2, 0.25) is 5.02 Å². The van der Waals surface area contributed by atoms with Crippen molar-refractivity contribution in [2.24, 2.45) is 5.10 Å². The number of ether oxygens (including phenoxy) is 2. The largest absolute Gasteiger partial charge is 0.493 e. The maximum atomic E-state index is 13.2. The molecule has 2 aromatic carbocycles. The van der Waals surface area contributed by atoms with Crippen molar-refractivity contribution in [3.05, 3.63) is 61.6 Å². The Kier molecular flexibility index (Phi) is 7.52. The van der Waals surface area contributed by atoms with Crippen molar-refractivity contribution in [3.63, 3.8) is 0 Å². The molecule has 10 heteroatoms. The van der Waals surface area contributed by atoms with E-state index in [1.807, 2.05) is 19.9 Å². The molecule has 0 bridgehead atoms. The van der Waals surface area contributed by atoms with Crippen LogP contribution in [0.4, 0.5) is 0 Å². The van der Waals surface area contributed by atoms with Gasteiger partial charge in [0.2, 0.25) is 0 Å². The van der Waals surface area contributed by atoms with E-state index in [-0.39, 0.29) is 28.0 Å². The van der Waals surface area contributed by atoms with Crippen LogP contribution < -0.4 is 15.0 Å². The number of hydrogen-bond acceptors (Lipinski definition) is 6. The lowest BCUT2D eigenvalue weighted by molar-refractivity contribution is -0.139.